The average molecular weight is 378 g/mol. The predicted octanol–water partition coefficient (Wildman–Crippen LogP) is 3.14. The third kappa shape index (κ3) is 4.82. The van der Waals surface area contributed by atoms with Crippen molar-refractivity contribution in [3.8, 4) is 0 Å². The van der Waals surface area contributed by atoms with Crippen molar-refractivity contribution in [3.63, 3.8) is 0 Å². The Morgan fingerprint density at radius 1 is 1.29 bits per heavy atom. The summed E-state index contributed by atoms with van der Waals surface area (Å²) >= 11 is 0. The second-order valence-electron chi connectivity index (χ2n) is 6.69. The number of hydroxylamine groups is 1. The summed E-state index contributed by atoms with van der Waals surface area (Å²) in [4.78, 5) is 29.1. The molecule has 0 aliphatic carbocycles. The van der Waals surface area contributed by atoms with Gasteiger partial charge in [-0.05, 0) is 42.2 Å². The van der Waals surface area contributed by atoms with Crippen LogP contribution in [0.2, 0.25) is 0 Å². The highest BCUT2D eigenvalue weighted by atomic mass is 16.8. The molecule has 0 bridgehead atoms. The molecule has 1 unspecified atom stereocenters. The minimum absolute atomic E-state index is 0.312. The number of amides is 1. The lowest BCUT2D eigenvalue weighted by molar-refractivity contribution is -0.198. The molecule has 1 aliphatic heterocycles. The normalized spacial score (nSPS) is 17.2. The van der Waals surface area contributed by atoms with Gasteiger partial charge in [0.1, 0.15) is 11.3 Å². The van der Waals surface area contributed by atoms with E-state index in [1.54, 1.807) is 12.3 Å². The molecule has 28 heavy (non-hydrogen) atoms. The molecule has 1 aliphatic rings. The zero-order chi connectivity index (χ0) is 19.2. The van der Waals surface area contributed by atoms with Gasteiger partial charge in [-0.3, -0.25) is 4.79 Å². The molecule has 0 radical (unpaired) electrons. The predicted molar refractivity (Wildman–Crippen MR) is 105 cm³/mol. The summed E-state index contributed by atoms with van der Waals surface area (Å²) in [5.41, 5.74) is 6.12. The molecular weight excluding hydrogens is 356 g/mol. The van der Waals surface area contributed by atoms with Crippen molar-refractivity contribution >= 4 is 23.1 Å². The molecular formula is C21H22N4O3. The monoisotopic (exact) mass is 378 g/mol. The van der Waals surface area contributed by atoms with E-state index in [-0.39, 0.29) is 12.2 Å². The van der Waals surface area contributed by atoms with Crippen molar-refractivity contribution in [2.75, 3.05) is 6.61 Å². The lowest BCUT2D eigenvalue weighted by Crippen LogP contribution is -2.32. The molecule has 7 nitrogen and oxygen atoms in total. The Balaban J connectivity index is 1.29. The van der Waals surface area contributed by atoms with Crippen LogP contribution in [0.4, 0.5) is 0 Å². The maximum Gasteiger partial charge on any atom is 0.267 e. The van der Waals surface area contributed by atoms with Crippen molar-refractivity contribution in [3.05, 3.63) is 65.6 Å². The Bertz CT molecular complexity index is 926. The van der Waals surface area contributed by atoms with Gasteiger partial charge in [-0.1, -0.05) is 24.3 Å². The van der Waals surface area contributed by atoms with Gasteiger partial charge in [0.2, 0.25) is 0 Å². The molecule has 1 saturated heterocycles. The SMILES string of the molecule is O=C(/C=C/c1ccc(Cc2nc3cccnc3[nH]2)cc1)NOC1CCCCO1. The number of hydrogen-bond acceptors (Lipinski definition) is 5. The summed E-state index contributed by atoms with van der Waals surface area (Å²) in [6, 6.07) is 11.8. The van der Waals surface area contributed by atoms with Crippen molar-refractivity contribution in [1.82, 2.24) is 20.4 Å². The van der Waals surface area contributed by atoms with Gasteiger partial charge in [0.15, 0.2) is 11.9 Å². The van der Waals surface area contributed by atoms with Crippen molar-refractivity contribution in [1.29, 1.82) is 0 Å². The highest BCUT2D eigenvalue weighted by molar-refractivity contribution is 5.90. The van der Waals surface area contributed by atoms with Gasteiger partial charge < -0.3 is 9.72 Å². The van der Waals surface area contributed by atoms with Gasteiger partial charge in [-0.2, -0.15) is 0 Å². The van der Waals surface area contributed by atoms with Crippen LogP contribution >= 0.6 is 0 Å². The zero-order valence-electron chi connectivity index (χ0n) is 15.4. The van der Waals surface area contributed by atoms with Crippen LogP contribution in [-0.2, 0) is 20.8 Å². The largest absolute Gasteiger partial charge is 0.350 e. The third-order valence-electron chi connectivity index (χ3n) is 4.51. The fourth-order valence-electron chi connectivity index (χ4n) is 3.05. The minimum Gasteiger partial charge on any atom is -0.350 e. The van der Waals surface area contributed by atoms with Crippen LogP contribution in [0.1, 0.15) is 36.2 Å². The third-order valence-corrected chi connectivity index (χ3v) is 4.51. The van der Waals surface area contributed by atoms with E-state index < -0.39 is 0 Å². The number of aromatic nitrogens is 3. The van der Waals surface area contributed by atoms with E-state index in [9.17, 15) is 4.79 Å². The number of nitrogens with one attached hydrogen (secondary N) is 2. The number of carbonyl (C=O) groups is 1. The Hall–Kier alpha value is -3.03. The molecule has 7 heteroatoms. The van der Waals surface area contributed by atoms with E-state index in [0.29, 0.717) is 13.0 Å². The smallest absolute Gasteiger partial charge is 0.267 e. The molecule has 3 aromatic rings. The van der Waals surface area contributed by atoms with Gasteiger partial charge in [0.25, 0.3) is 5.91 Å². The van der Waals surface area contributed by atoms with E-state index >= 15 is 0 Å². The van der Waals surface area contributed by atoms with E-state index in [4.69, 9.17) is 9.57 Å². The number of fused-ring (bicyclic) bond motifs is 1. The fourth-order valence-corrected chi connectivity index (χ4v) is 3.05. The Labute approximate surface area is 162 Å². The topological polar surface area (TPSA) is 89.1 Å². The molecule has 1 atom stereocenters. The number of ether oxygens (including phenoxy) is 1. The zero-order valence-corrected chi connectivity index (χ0v) is 15.4. The van der Waals surface area contributed by atoms with Crippen LogP contribution in [0.25, 0.3) is 17.2 Å². The number of hydrogen-bond donors (Lipinski definition) is 2. The minimum atomic E-state index is -0.348. The number of rotatable bonds is 6. The maximum atomic E-state index is 11.9. The molecule has 144 valence electrons. The molecule has 1 aromatic carbocycles. The van der Waals surface area contributed by atoms with Crippen LogP contribution in [0.15, 0.2) is 48.7 Å². The number of imidazole rings is 1. The maximum absolute atomic E-state index is 11.9. The summed E-state index contributed by atoms with van der Waals surface area (Å²) in [5, 5.41) is 0. The van der Waals surface area contributed by atoms with Crippen molar-refractivity contribution in [2.45, 2.75) is 32.0 Å². The first-order valence-corrected chi connectivity index (χ1v) is 9.40. The molecule has 0 saturated carbocycles. The van der Waals surface area contributed by atoms with Gasteiger partial charge >= 0.3 is 0 Å². The molecule has 2 N–H and O–H groups in total. The highest BCUT2D eigenvalue weighted by Gasteiger charge is 2.14. The van der Waals surface area contributed by atoms with E-state index in [1.165, 1.54) is 6.08 Å². The lowest BCUT2D eigenvalue weighted by atomic mass is 10.1. The van der Waals surface area contributed by atoms with Crippen LogP contribution in [0.3, 0.4) is 0 Å². The lowest BCUT2D eigenvalue weighted by Gasteiger charge is -2.21. The molecule has 4 rings (SSSR count). The number of benzene rings is 1. The van der Waals surface area contributed by atoms with Crippen molar-refractivity contribution in [2.24, 2.45) is 0 Å². The summed E-state index contributed by atoms with van der Waals surface area (Å²) < 4.78 is 5.40. The van der Waals surface area contributed by atoms with E-state index in [1.807, 2.05) is 36.4 Å². The van der Waals surface area contributed by atoms with Crippen LogP contribution in [0, 0.1) is 0 Å². The van der Waals surface area contributed by atoms with Crippen molar-refractivity contribution < 1.29 is 14.4 Å². The van der Waals surface area contributed by atoms with Gasteiger partial charge in [0.05, 0.1) is 0 Å². The molecule has 3 heterocycles. The Kier molecular flexibility index (Phi) is 5.75. The summed E-state index contributed by atoms with van der Waals surface area (Å²) in [6.45, 7) is 0.674. The number of nitrogens with zero attached hydrogens (tertiary/aromatic N) is 2. The standard InChI is InChI=1S/C21H22N4O3/c26-19(25-28-20-5-1-2-13-27-20)11-10-15-6-8-16(9-7-15)14-18-23-17-4-3-12-22-21(17)24-18/h3-4,6-12,20H,1-2,5,13-14H2,(H,25,26)(H,22,23,24)/b11-10+. The Morgan fingerprint density at radius 3 is 2.96 bits per heavy atom. The van der Waals surface area contributed by atoms with Crippen LogP contribution < -0.4 is 5.48 Å². The highest BCUT2D eigenvalue weighted by Crippen LogP contribution is 2.14. The quantitative estimate of drug-likeness (QED) is 0.508. The Morgan fingerprint density at radius 2 is 2.18 bits per heavy atom. The molecule has 0 spiro atoms. The first-order valence-electron chi connectivity index (χ1n) is 9.40. The van der Waals surface area contributed by atoms with Crippen LogP contribution in [-0.4, -0.2) is 33.8 Å². The van der Waals surface area contributed by atoms with Gasteiger partial charge in [0, 0.05) is 31.7 Å². The summed E-state index contributed by atoms with van der Waals surface area (Å²) in [6.07, 6.45) is 8.17. The number of pyridine rings is 1. The number of carbonyl (C=O) groups excluding carboxylic acids is 1. The number of H-pyrrole nitrogens is 1. The number of aromatic amines is 1. The van der Waals surface area contributed by atoms with Gasteiger partial charge in [-0.15, -0.1) is 0 Å². The molecule has 2 aromatic heterocycles. The molecule has 1 amide bonds. The van der Waals surface area contributed by atoms with Gasteiger partial charge in [-0.25, -0.2) is 20.3 Å². The second kappa shape index (κ2) is 8.77. The first kappa shape index (κ1) is 18.3. The second-order valence-corrected chi connectivity index (χ2v) is 6.69. The fraction of sp³-hybridized carbons (Fsp3) is 0.286. The summed E-state index contributed by atoms with van der Waals surface area (Å²) in [5.74, 6) is 0.562. The molecule has 1 fully saturated rings. The summed E-state index contributed by atoms with van der Waals surface area (Å²) in [7, 11) is 0. The first-order chi connectivity index (χ1) is 13.8. The van der Waals surface area contributed by atoms with E-state index in [0.717, 1.165) is 47.4 Å². The average Bonchev–Trinajstić information content (AvgIpc) is 3.15. The van der Waals surface area contributed by atoms with E-state index in [2.05, 4.69) is 20.4 Å². The van der Waals surface area contributed by atoms with Crippen LogP contribution in [0.5, 0.6) is 0 Å².